The van der Waals surface area contributed by atoms with Crippen LogP contribution in [-0.2, 0) is 10.1 Å². The Morgan fingerprint density at radius 3 is 1.93 bits per heavy atom. The van der Waals surface area contributed by atoms with Crippen LogP contribution >= 0.6 is 0 Å². The van der Waals surface area contributed by atoms with E-state index in [1.807, 2.05) is 13.8 Å². The maximum atomic E-state index is 10.6. The standard InChI is InChI=1S/C9H20O5S/c1-8(2)5-9(6-10,7-11)3-4-15(12,13)14/h8,10-11H,3-7H2,1-2H3,(H,12,13,14). The first-order valence-corrected chi connectivity index (χ1v) is 6.52. The first-order chi connectivity index (χ1) is 6.74. The van der Waals surface area contributed by atoms with Crippen LogP contribution < -0.4 is 0 Å². The lowest BCUT2D eigenvalue weighted by atomic mass is 9.79. The minimum atomic E-state index is -4.04. The van der Waals surface area contributed by atoms with Gasteiger partial charge in [0, 0.05) is 5.41 Å². The van der Waals surface area contributed by atoms with Crippen molar-refractivity contribution in [2.45, 2.75) is 26.7 Å². The van der Waals surface area contributed by atoms with E-state index in [1.54, 1.807) is 0 Å². The average Bonchev–Trinajstić information content (AvgIpc) is 2.10. The molecule has 0 aliphatic carbocycles. The molecule has 0 heterocycles. The van der Waals surface area contributed by atoms with Gasteiger partial charge in [-0.2, -0.15) is 8.42 Å². The lowest BCUT2D eigenvalue weighted by molar-refractivity contribution is 0.0340. The summed E-state index contributed by atoms with van der Waals surface area (Å²) < 4.78 is 29.8. The second kappa shape index (κ2) is 5.79. The van der Waals surface area contributed by atoms with Crippen molar-refractivity contribution >= 4 is 10.1 Å². The van der Waals surface area contributed by atoms with Crippen LogP contribution in [-0.4, -0.2) is 42.2 Å². The third kappa shape index (κ3) is 6.09. The number of hydrogen-bond acceptors (Lipinski definition) is 4. The molecule has 0 fully saturated rings. The number of aliphatic hydroxyl groups excluding tert-OH is 2. The summed E-state index contributed by atoms with van der Waals surface area (Å²) >= 11 is 0. The van der Waals surface area contributed by atoms with E-state index >= 15 is 0 Å². The van der Waals surface area contributed by atoms with Gasteiger partial charge in [-0.05, 0) is 18.8 Å². The monoisotopic (exact) mass is 240 g/mol. The average molecular weight is 240 g/mol. The van der Waals surface area contributed by atoms with Crippen molar-refractivity contribution < 1.29 is 23.2 Å². The molecule has 0 aliphatic rings. The van der Waals surface area contributed by atoms with E-state index in [1.165, 1.54) is 0 Å². The molecule has 0 aliphatic heterocycles. The minimum absolute atomic E-state index is 0.0665. The summed E-state index contributed by atoms with van der Waals surface area (Å²) in [5.41, 5.74) is -0.816. The van der Waals surface area contributed by atoms with Gasteiger partial charge >= 0.3 is 0 Å². The zero-order valence-electron chi connectivity index (χ0n) is 9.18. The van der Waals surface area contributed by atoms with Gasteiger partial charge in [-0.25, -0.2) is 0 Å². The van der Waals surface area contributed by atoms with Gasteiger partial charge in [-0.15, -0.1) is 0 Å². The van der Waals surface area contributed by atoms with Gasteiger partial charge in [0.1, 0.15) is 0 Å². The number of rotatable bonds is 7. The van der Waals surface area contributed by atoms with Crippen molar-refractivity contribution in [2.75, 3.05) is 19.0 Å². The van der Waals surface area contributed by atoms with Crippen molar-refractivity contribution in [1.29, 1.82) is 0 Å². The summed E-state index contributed by atoms with van der Waals surface area (Å²) in [6.07, 6.45) is 0.590. The summed E-state index contributed by atoms with van der Waals surface area (Å²) in [4.78, 5) is 0. The van der Waals surface area contributed by atoms with Crippen LogP contribution in [0.3, 0.4) is 0 Å². The zero-order valence-corrected chi connectivity index (χ0v) is 10.00. The van der Waals surface area contributed by atoms with Crippen molar-refractivity contribution in [3.63, 3.8) is 0 Å². The Bertz CT molecular complexity index is 266. The SMILES string of the molecule is CC(C)CC(CO)(CO)CCS(=O)(=O)O. The molecule has 0 aromatic rings. The van der Waals surface area contributed by atoms with Crippen molar-refractivity contribution in [1.82, 2.24) is 0 Å². The van der Waals surface area contributed by atoms with Crippen LogP contribution in [0.4, 0.5) is 0 Å². The first-order valence-electron chi connectivity index (χ1n) is 4.91. The first kappa shape index (κ1) is 14.8. The largest absolute Gasteiger partial charge is 0.396 e. The molecule has 3 N–H and O–H groups in total. The molecule has 0 saturated carbocycles. The van der Waals surface area contributed by atoms with Gasteiger partial charge < -0.3 is 10.2 Å². The Morgan fingerprint density at radius 2 is 1.67 bits per heavy atom. The van der Waals surface area contributed by atoms with Crippen molar-refractivity contribution in [3.8, 4) is 0 Å². The minimum Gasteiger partial charge on any atom is -0.396 e. The second-order valence-corrected chi connectivity index (χ2v) is 6.02. The predicted molar refractivity (Wildman–Crippen MR) is 57.1 cm³/mol. The molecule has 0 amide bonds. The highest BCUT2D eigenvalue weighted by molar-refractivity contribution is 7.85. The fraction of sp³-hybridized carbons (Fsp3) is 1.00. The van der Waals surface area contributed by atoms with E-state index in [0.717, 1.165) is 0 Å². The van der Waals surface area contributed by atoms with Crippen LogP contribution in [0.1, 0.15) is 26.7 Å². The molecule has 6 heteroatoms. The fourth-order valence-corrected chi connectivity index (χ4v) is 2.34. The van der Waals surface area contributed by atoms with Crippen LogP contribution in [0, 0.1) is 11.3 Å². The van der Waals surface area contributed by atoms with E-state index in [9.17, 15) is 18.6 Å². The molecular formula is C9H20O5S. The third-order valence-corrected chi connectivity index (χ3v) is 3.12. The Hall–Kier alpha value is -0.170. The highest BCUT2D eigenvalue weighted by atomic mass is 32.2. The summed E-state index contributed by atoms with van der Waals surface area (Å²) in [5.74, 6) is -0.188. The highest BCUT2D eigenvalue weighted by Crippen LogP contribution is 2.29. The summed E-state index contributed by atoms with van der Waals surface area (Å²) in [6, 6.07) is 0. The molecule has 0 atom stereocenters. The van der Waals surface area contributed by atoms with Gasteiger partial charge in [0.05, 0.1) is 19.0 Å². The maximum Gasteiger partial charge on any atom is 0.264 e. The molecule has 0 unspecified atom stereocenters. The Kier molecular flexibility index (Phi) is 5.72. The molecule has 0 aromatic heterocycles. The molecule has 15 heavy (non-hydrogen) atoms. The summed E-state index contributed by atoms with van der Waals surface area (Å²) in [5, 5.41) is 18.4. The molecule has 92 valence electrons. The Labute approximate surface area is 90.9 Å². The van der Waals surface area contributed by atoms with E-state index < -0.39 is 21.3 Å². The lowest BCUT2D eigenvalue weighted by Crippen LogP contribution is -2.33. The van der Waals surface area contributed by atoms with Crippen molar-refractivity contribution in [3.05, 3.63) is 0 Å². The van der Waals surface area contributed by atoms with Gasteiger partial charge in [-0.1, -0.05) is 13.8 Å². The summed E-state index contributed by atoms with van der Waals surface area (Å²) in [7, 11) is -4.04. The number of aliphatic hydroxyl groups is 2. The smallest absolute Gasteiger partial charge is 0.264 e. The van der Waals surface area contributed by atoms with E-state index in [4.69, 9.17) is 4.55 Å². The molecule has 0 spiro atoms. The van der Waals surface area contributed by atoms with Gasteiger partial charge in [0.15, 0.2) is 0 Å². The van der Waals surface area contributed by atoms with E-state index in [-0.39, 0.29) is 25.6 Å². The van der Waals surface area contributed by atoms with Crippen LogP contribution in [0.2, 0.25) is 0 Å². The molecule has 0 saturated heterocycles. The maximum absolute atomic E-state index is 10.6. The second-order valence-electron chi connectivity index (χ2n) is 4.45. The molecule has 0 radical (unpaired) electrons. The fourth-order valence-electron chi connectivity index (χ4n) is 1.65. The molecule has 0 aromatic carbocycles. The van der Waals surface area contributed by atoms with E-state index in [2.05, 4.69) is 0 Å². The molecular weight excluding hydrogens is 220 g/mol. The molecule has 5 nitrogen and oxygen atoms in total. The van der Waals surface area contributed by atoms with E-state index in [0.29, 0.717) is 6.42 Å². The zero-order chi connectivity index (χ0) is 12.1. The van der Waals surface area contributed by atoms with Gasteiger partial charge in [0.2, 0.25) is 0 Å². The Balaban J connectivity index is 4.50. The van der Waals surface area contributed by atoms with Gasteiger partial charge in [-0.3, -0.25) is 4.55 Å². The highest BCUT2D eigenvalue weighted by Gasteiger charge is 2.31. The third-order valence-electron chi connectivity index (χ3n) is 2.40. The predicted octanol–water partition coefficient (Wildman–Crippen LogP) is 0.281. The topological polar surface area (TPSA) is 94.8 Å². The van der Waals surface area contributed by atoms with Crippen LogP contribution in [0.25, 0.3) is 0 Å². The van der Waals surface area contributed by atoms with Crippen molar-refractivity contribution in [2.24, 2.45) is 11.3 Å². The summed E-state index contributed by atoms with van der Waals surface area (Å²) in [6.45, 7) is 3.29. The Morgan fingerprint density at radius 1 is 1.20 bits per heavy atom. The molecule has 0 rings (SSSR count). The number of hydrogen-bond donors (Lipinski definition) is 3. The normalized spacial score (nSPS) is 13.5. The van der Waals surface area contributed by atoms with Crippen LogP contribution in [0.5, 0.6) is 0 Å². The van der Waals surface area contributed by atoms with Crippen LogP contribution in [0.15, 0.2) is 0 Å². The van der Waals surface area contributed by atoms with Gasteiger partial charge in [0.25, 0.3) is 10.1 Å². The quantitative estimate of drug-likeness (QED) is 0.556. The molecule has 0 bridgehead atoms. The lowest BCUT2D eigenvalue weighted by Gasteiger charge is -2.31.